The average Bonchev–Trinajstić information content (AvgIpc) is 1.86. The summed E-state index contributed by atoms with van der Waals surface area (Å²) in [5.74, 6) is 0.267. The lowest BCUT2D eigenvalue weighted by Crippen LogP contribution is -2.26. The Morgan fingerprint density at radius 1 is 1.73 bits per heavy atom. The van der Waals surface area contributed by atoms with Gasteiger partial charge in [0, 0.05) is 5.41 Å². The molecule has 1 nitrogen and oxygen atoms in total. The molecule has 0 N–H and O–H groups in total. The van der Waals surface area contributed by atoms with Crippen molar-refractivity contribution in [3.63, 3.8) is 0 Å². The topological polar surface area (TPSA) is 17.1 Å². The third kappa shape index (κ3) is 1.59. The highest BCUT2D eigenvalue weighted by molar-refractivity contribution is 5.82. The standard InChI is InChI=1S/C10H14O/c1-8-5-4-6-10(3,7-8)9(2)11/h4-5H,1,6-7H2,2-3H3. The van der Waals surface area contributed by atoms with Crippen LogP contribution in [0.25, 0.3) is 0 Å². The van der Waals surface area contributed by atoms with Gasteiger partial charge >= 0.3 is 0 Å². The predicted octanol–water partition coefficient (Wildman–Crippen LogP) is 2.49. The Kier molecular flexibility index (Phi) is 1.99. The number of carbonyl (C=O) groups is 1. The first kappa shape index (κ1) is 8.25. The van der Waals surface area contributed by atoms with Crippen LogP contribution in [0.1, 0.15) is 26.7 Å². The normalized spacial score (nSPS) is 30.5. The summed E-state index contributed by atoms with van der Waals surface area (Å²) in [6.07, 6.45) is 5.72. The van der Waals surface area contributed by atoms with Crippen molar-refractivity contribution in [2.24, 2.45) is 5.41 Å². The maximum Gasteiger partial charge on any atom is 0.136 e. The van der Waals surface area contributed by atoms with E-state index in [4.69, 9.17) is 0 Å². The molecule has 1 aliphatic rings. The van der Waals surface area contributed by atoms with Gasteiger partial charge in [0.2, 0.25) is 0 Å². The van der Waals surface area contributed by atoms with E-state index in [0.717, 1.165) is 18.4 Å². The summed E-state index contributed by atoms with van der Waals surface area (Å²) >= 11 is 0. The molecule has 0 aromatic rings. The highest BCUT2D eigenvalue weighted by Crippen LogP contribution is 2.34. The Labute approximate surface area is 67.8 Å². The summed E-state index contributed by atoms with van der Waals surface area (Å²) < 4.78 is 0. The lowest BCUT2D eigenvalue weighted by molar-refractivity contribution is -0.125. The Morgan fingerprint density at radius 3 is 2.73 bits per heavy atom. The van der Waals surface area contributed by atoms with Gasteiger partial charge in [0.1, 0.15) is 5.78 Å². The molecule has 0 spiro atoms. The van der Waals surface area contributed by atoms with Crippen molar-refractivity contribution in [2.75, 3.05) is 0 Å². The average molecular weight is 150 g/mol. The number of hydrogen-bond acceptors (Lipinski definition) is 1. The summed E-state index contributed by atoms with van der Waals surface area (Å²) in [7, 11) is 0. The first-order valence-corrected chi connectivity index (χ1v) is 3.90. The molecule has 1 rings (SSSR count). The van der Waals surface area contributed by atoms with Crippen LogP contribution in [0.15, 0.2) is 24.3 Å². The number of ketones is 1. The quantitative estimate of drug-likeness (QED) is 0.561. The number of carbonyl (C=O) groups excluding carboxylic acids is 1. The fourth-order valence-electron chi connectivity index (χ4n) is 1.39. The molecule has 1 aliphatic carbocycles. The zero-order valence-corrected chi connectivity index (χ0v) is 7.18. The van der Waals surface area contributed by atoms with Crippen molar-refractivity contribution in [3.05, 3.63) is 24.3 Å². The van der Waals surface area contributed by atoms with E-state index >= 15 is 0 Å². The zero-order chi connectivity index (χ0) is 8.48. The second kappa shape index (κ2) is 2.65. The largest absolute Gasteiger partial charge is 0.299 e. The predicted molar refractivity (Wildman–Crippen MR) is 46.3 cm³/mol. The molecule has 0 fully saturated rings. The van der Waals surface area contributed by atoms with E-state index in [1.165, 1.54) is 0 Å². The van der Waals surface area contributed by atoms with E-state index < -0.39 is 0 Å². The van der Waals surface area contributed by atoms with Crippen LogP contribution in [0.2, 0.25) is 0 Å². The number of rotatable bonds is 1. The first-order chi connectivity index (χ1) is 5.04. The molecule has 0 aromatic heterocycles. The molecular formula is C10H14O. The molecule has 0 saturated heterocycles. The molecule has 0 radical (unpaired) electrons. The van der Waals surface area contributed by atoms with Gasteiger partial charge in [-0.15, -0.1) is 0 Å². The van der Waals surface area contributed by atoms with Gasteiger partial charge in [0.05, 0.1) is 0 Å². The van der Waals surface area contributed by atoms with Crippen LogP contribution >= 0.6 is 0 Å². The monoisotopic (exact) mass is 150 g/mol. The van der Waals surface area contributed by atoms with Gasteiger partial charge in [-0.1, -0.05) is 31.2 Å². The van der Waals surface area contributed by atoms with Crippen LogP contribution in [0.5, 0.6) is 0 Å². The highest BCUT2D eigenvalue weighted by Gasteiger charge is 2.30. The third-order valence-electron chi connectivity index (χ3n) is 2.39. The van der Waals surface area contributed by atoms with Gasteiger partial charge in [-0.3, -0.25) is 4.79 Å². The van der Waals surface area contributed by atoms with E-state index in [0.29, 0.717) is 0 Å². The fraction of sp³-hybridized carbons (Fsp3) is 0.500. The van der Waals surface area contributed by atoms with Gasteiger partial charge < -0.3 is 0 Å². The van der Waals surface area contributed by atoms with E-state index in [2.05, 4.69) is 6.58 Å². The van der Waals surface area contributed by atoms with Gasteiger partial charge in [-0.05, 0) is 19.8 Å². The van der Waals surface area contributed by atoms with Gasteiger partial charge in [0.25, 0.3) is 0 Å². The molecule has 0 heterocycles. The summed E-state index contributed by atoms with van der Waals surface area (Å²) in [4.78, 5) is 11.2. The number of Topliss-reactive ketones (excluding diaryl/α,β-unsaturated/α-hetero) is 1. The summed E-state index contributed by atoms with van der Waals surface area (Å²) in [5.41, 5.74) is 0.889. The van der Waals surface area contributed by atoms with Crippen LogP contribution in [-0.2, 0) is 4.79 Å². The number of allylic oxidation sites excluding steroid dienone is 3. The summed E-state index contributed by atoms with van der Waals surface area (Å²) in [5, 5.41) is 0. The maximum atomic E-state index is 11.2. The molecule has 0 aliphatic heterocycles. The Balaban J connectivity index is 2.83. The summed E-state index contributed by atoms with van der Waals surface area (Å²) in [6, 6.07) is 0. The molecular weight excluding hydrogens is 136 g/mol. The van der Waals surface area contributed by atoms with Crippen molar-refractivity contribution in [3.8, 4) is 0 Å². The minimum absolute atomic E-state index is 0.175. The smallest absolute Gasteiger partial charge is 0.136 e. The minimum atomic E-state index is -0.175. The highest BCUT2D eigenvalue weighted by atomic mass is 16.1. The molecule has 0 saturated carbocycles. The van der Waals surface area contributed by atoms with Gasteiger partial charge in [0.15, 0.2) is 0 Å². The maximum absolute atomic E-state index is 11.2. The molecule has 1 atom stereocenters. The lowest BCUT2D eigenvalue weighted by Gasteiger charge is -2.28. The summed E-state index contributed by atoms with van der Waals surface area (Å²) in [6.45, 7) is 7.52. The van der Waals surface area contributed by atoms with E-state index in [1.807, 2.05) is 19.1 Å². The van der Waals surface area contributed by atoms with Crippen molar-refractivity contribution in [2.45, 2.75) is 26.7 Å². The third-order valence-corrected chi connectivity index (χ3v) is 2.39. The van der Waals surface area contributed by atoms with Crippen LogP contribution in [0.4, 0.5) is 0 Å². The SMILES string of the molecule is C=C1C=CCC(C)(C(C)=O)C1. The van der Waals surface area contributed by atoms with Crippen LogP contribution in [0.3, 0.4) is 0 Å². The number of hydrogen-bond donors (Lipinski definition) is 0. The van der Waals surface area contributed by atoms with Crippen molar-refractivity contribution < 1.29 is 4.79 Å². The Bertz CT molecular complexity index is 225. The Morgan fingerprint density at radius 2 is 2.36 bits per heavy atom. The van der Waals surface area contributed by atoms with Crippen LogP contribution in [-0.4, -0.2) is 5.78 Å². The molecule has 1 unspecified atom stereocenters. The van der Waals surface area contributed by atoms with E-state index in [9.17, 15) is 4.79 Å². The van der Waals surface area contributed by atoms with Crippen LogP contribution < -0.4 is 0 Å². The molecule has 60 valence electrons. The van der Waals surface area contributed by atoms with Crippen molar-refractivity contribution >= 4 is 5.78 Å². The molecule has 0 aromatic carbocycles. The minimum Gasteiger partial charge on any atom is -0.299 e. The van der Waals surface area contributed by atoms with Crippen molar-refractivity contribution in [1.82, 2.24) is 0 Å². The van der Waals surface area contributed by atoms with Crippen LogP contribution in [0, 0.1) is 5.41 Å². The lowest BCUT2D eigenvalue weighted by atomic mass is 9.74. The van der Waals surface area contributed by atoms with E-state index in [-0.39, 0.29) is 11.2 Å². The molecule has 11 heavy (non-hydrogen) atoms. The molecule has 0 bridgehead atoms. The fourth-order valence-corrected chi connectivity index (χ4v) is 1.39. The molecule has 0 amide bonds. The first-order valence-electron chi connectivity index (χ1n) is 3.90. The second-order valence-corrected chi connectivity index (χ2v) is 3.56. The molecule has 1 heteroatoms. The van der Waals surface area contributed by atoms with Gasteiger partial charge in [-0.25, -0.2) is 0 Å². The van der Waals surface area contributed by atoms with Gasteiger partial charge in [-0.2, -0.15) is 0 Å². The van der Waals surface area contributed by atoms with E-state index in [1.54, 1.807) is 6.92 Å². The Hall–Kier alpha value is -0.850. The van der Waals surface area contributed by atoms with Crippen molar-refractivity contribution in [1.29, 1.82) is 0 Å². The zero-order valence-electron chi connectivity index (χ0n) is 7.18. The second-order valence-electron chi connectivity index (χ2n) is 3.56.